The highest BCUT2D eigenvalue weighted by molar-refractivity contribution is 5.72. The molecule has 1 fully saturated rings. The number of esters is 1. The van der Waals surface area contributed by atoms with Crippen molar-refractivity contribution in [3.8, 4) is 0 Å². The van der Waals surface area contributed by atoms with Crippen molar-refractivity contribution in [1.29, 1.82) is 0 Å². The summed E-state index contributed by atoms with van der Waals surface area (Å²) >= 11 is 0. The van der Waals surface area contributed by atoms with Gasteiger partial charge in [-0.1, -0.05) is 0 Å². The molecule has 1 heterocycles. The average Bonchev–Trinajstić information content (AvgIpc) is 1.88. The van der Waals surface area contributed by atoms with E-state index in [2.05, 4.69) is 0 Å². The van der Waals surface area contributed by atoms with Crippen molar-refractivity contribution >= 4 is 5.97 Å². The second kappa shape index (κ2) is 3.53. The van der Waals surface area contributed by atoms with Crippen LogP contribution in [0.25, 0.3) is 0 Å². The molecule has 0 saturated carbocycles. The third-order valence-electron chi connectivity index (χ3n) is 1.44. The minimum absolute atomic E-state index is 0.104. The number of aliphatic hydroxyl groups is 1. The number of aliphatic hydroxyl groups excluding tert-OH is 1. The maximum Gasteiger partial charge on any atom is 0.320 e. The third kappa shape index (κ3) is 1.97. The van der Waals surface area contributed by atoms with E-state index in [1.807, 2.05) is 4.90 Å². The van der Waals surface area contributed by atoms with E-state index in [1.165, 1.54) is 0 Å². The summed E-state index contributed by atoms with van der Waals surface area (Å²) < 4.78 is 4.69. The zero-order chi connectivity index (χ0) is 7.40. The molecule has 0 aliphatic carbocycles. The van der Waals surface area contributed by atoms with Crippen LogP contribution < -0.4 is 0 Å². The smallest absolute Gasteiger partial charge is 0.320 e. The zero-order valence-electron chi connectivity index (χ0n) is 5.75. The highest BCUT2D eigenvalue weighted by Gasteiger charge is 2.16. The highest BCUT2D eigenvalue weighted by Crippen LogP contribution is 1.96. The van der Waals surface area contributed by atoms with Gasteiger partial charge in [0.15, 0.2) is 0 Å². The summed E-state index contributed by atoms with van der Waals surface area (Å²) in [6.45, 7) is 2.19. The topological polar surface area (TPSA) is 49.8 Å². The fourth-order valence-corrected chi connectivity index (χ4v) is 0.928. The van der Waals surface area contributed by atoms with E-state index in [1.54, 1.807) is 0 Å². The van der Waals surface area contributed by atoms with Gasteiger partial charge in [-0.25, -0.2) is 0 Å². The molecule has 4 nitrogen and oxygen atoms in total. The number of hydrogen-bond acceptors (Lipinski definition) is 4. The van der Waals surface area contributed by atoms with E-state index in [-0.39, 0.29) is 12.6 Å². The maximum atomic E-state index is 10.6. The van der Waals surface area contributed by atoms with Crippen LogP contribution in [0.3, 0.4) is 0 Å². The van der Waals surface area contributed by atoms with Crippen LogP contribution in [0.1, 0.15) is 0 Å². The van der Waals surface area contributed by atoms with Gasteiger partial charge >= 0.3 is 5.97 Å². The summed E-state index contributed by atoms with van der Waals surface area (Å²) in [6.07, 6.45) is 0. The van der Waals surface area contributed by atoms with Crippen molar-refractivity contribution in [2.75, 3.05) is 32.8 Å². The molecule has 0 aromatic carbocycles. The number of nitrogens with zero attached hydrogens (tertiary/aromatic N) is 1. The minimum atomic E-state index is -0.195. The summed E-state index contributed by atoms with van der Waals surface area (Å²) in [6, 6.07) is 0. The lowest BCUT2D eigenvalue weighted by molar-refractivity contribution is -0.150. The molecule has 1 saturated heterocycles. The van der Waals surface area contributed by atoms with Gasteiger partial charge in [0.25, 0.3) is 0 Å². The second-order valence-electron chi connectivity index (χ2n) is 2.22. The maximum absolute atomic E-state index is 10.6. The molecule has 4 heteroatoms. The third-order valence-corrected chi connectivity index (χ3v) is 1.44. The van der Waals surface area contributed by atoms with Gasteiger partial charge in [-0.15, -0.1) is 0 Å². The Kier molecular flexibility index (Phi) is 2.65. The van der Waals surface area contributed by atoms with Crippen molar-refractivity contribution in [2.45, 2.75) is 0 Å². The lowest BCUT2D eigenvalue weighted by atomic mass is 10.4. The van der Waals surface area contributed by atoms with E-state index in [9.17, 15) is 4.79 Å². The Bertz CT molecular complexity index is 124. The fraction of sp³-hybridized carbons (Fsp3) is 0.833. The molecular weight excluding hydrogens is 134 g/mol. The lowest BCUT2D eigenvalue weighted by Crippen LogP contribution is -2.40. The van der Waals surface area contributed by atoms with Gasteiger partial charge in [0, 0.05) is 13.1 Å². The van der Waals surface area contributed by atoms with Crippen LogP contribution in [-0.2, 0) is 9.53 Å². The normalized spacial score (nSPS) is 20.7. The number of cyclic esters (lactones) is 1. The number of ether oxygens (including phenoxy) is 1. The summed E-state index contributed by atoms with van der Waals surface area (Å²) in [5.74, 6) is -0.195. The Hall–Kier alpha value is -0.610. The molecular formula is C6H11NO3. The van der Waals surface area contributed by atoms with Gasteiger partial charge in [0.1, 0.15) is 6.61 Å². The van der Waals surface area contributed by atoms with Gasteiger partial charge in [0.2, 0.25) is 0 Å². The monoisotopic (exact) mass is 145 g/mol. The average molecular weight is 145 g/mol. The first-order valence-electron chi connectivity index (χ1n) is 3.32. The molecule has 10 heavy (non-hydrogen) atoms. The van der Waals surface area contributed by atoms with Crippen molar-refractivity contribution in [1.82, 2.24) is 4.90 Å². The summed E-state index contributed by atoms with van der Waals surface area (Å²) in [4.78, 5) is 12.5. The summed E-state index contributed by atoms with van der Waals surface area (Å²) in [5.41, 5.74) is 0. The number of hydrogen-bond donors (Lipinski definition) is 1. The molecule has 0 amide bonds. The van der Waals surface area contributed by atoms with Crippen LogP contribution in [0.5, 0.6) is 0 Å². The van der Waals surface area contributed by atoms with E-state index in [0.717, 1.165) is 6.54 Å². The number of rotatable bonds is 2. The minimum Gasteiger partial charge on any atom is -0.463 e. The van der Waals surface area contributed by atoms with E-state index < -0.39 is 0 Å². The number of carbonyl (C=O) groups excluding carboxylic acids is 1. The first kappa shape index (κ1) is 7.50. The SMILES string of the molecule is O=C1CN(CCO)CCO1. The van der Waals surface area contributed by atoms with Crippen molar-refractivity contribution in [2.24, 2.45) is 0 Å². The predicted molar refractivity (Wildman–Crippen MR) is 34.5 cm³/mol. The van der Waals surface area contributed by atoms with Crippen LogP contribution in [0, 0.1) is 0 Å². The molecule has 0 radical (unpaired) electrons. The molecule has 0 unspecified atom stereocenters. The number of β-amino-alcohol motifs (C(OH)–C–C–N with tert-alkyl or cyclic N) is 1. The second-order valence-corrected chi connectivity index (χ2v) is 2.22. The Morgan fingerprint density at radius 3 is 3.10 bits per heavy atom. The van der Waals surface area contributed by atoms with Crippen LogP contribution in [0.4, 0.5) is 0 Å². The van der Waals surface area contributed by atoms with Crippen LogP contribution in [0.2, 0.25) is 0 Å². The molecule has 0 bridgehead atoms. The quantitative estimate of drug-likeness (QED) is 0.498. The molecule has 1 aliphatic rings. The molecule has 0 aromatic rings. The molecule has 1 aliphatic heterocycles. The van der Waals surface area contributed by atoms with Crippen molar-refractivity contribution in [3.63, 3.8) is 0 Å². The number of carbonyl (C=O) groups is 1. The first-order chi connectivity index (χ1) is 4.83. The van der Waals surface area contributed by atoms with Crippen LogP contribution >= 0.6 is 0 Å². The van der Waals surface area contributed by atoms with Gasteiger partial charge in [-0.3, -0.25) is 9.69 Å². The summed E-state index contributed by atoms with van der Waals surface area (Å²) in [7, 11) is 0. The van der Waals surface area contributed by atoms with E-state index in [0.29, 0.717) is 19.7 Å². The van der Waals surface area contributed by atoms with Gasteiger partial charge < -0.3 is 9.84 Å². The first-order valence-corrected chi connectivity index (χ1v) is 3.32. The van der Waals surface area contributed by atoms with E-state index in [4.69, 9.17) is 9.84 Å². The molecule has 1 N–H and O–H groups in total. The Morgan fingerprint density at radius 2 is 2.50 bits per heavy atom. The number of morpholine rings is 1. The van der Waals surface area contributed by atoms with Crippen LogP contribution in [0.15, 0.2) is 0 Å². The largest absolute Gasteiger partial charge is 0.463 e. The summed E-state index contributed by atoms with van der Waals surface area (Å²) in [5, 5.41) is 8.51. The highest BCUT2D eigenvalue weighted by atomic mass is 16.5. The Balaban J connectivity index is 2.25. The zero-order valence-corrected chi connectivity index (χ0v) is 5.75. The van der Waals surface area contributed by atoms with Gasteiger partial charge in [-0.05, 0) is 0 Å². The fourth-order valence-electron chi connectivity index (χ4n) is 0.928. The van der Waals surface area contributed by atoms with Crippen molar-refractivity contribution < 1.29 is 14.6 Å². The molecule has 1 rings (SSSR count). The molecule has 0 atom stereocenters. The lowest BCUT2D eigenvalue weighted by Gasteiger charge is -2.24. The Morgan fingerprint density at radius 1 is 1.70 bits per heavy atom. The van der Waals surface area contributed by atoms with E-state index >= 15 is 0 Å². The van der Waals surface area contributed by atoms with Crippen molar-refractivity contribution in [3.05, 3.63) is 0 Å². The predicted octanol–water partition coefficient (Wildman–Crippen LogP) is -1.16. The molecule has 0 aromatic heterocycles. The Labute approximate surface area is 59.4 Å². The van der Waals surface area contributed by atoms with Crippen LogP contribution in [-0.4, -0.2) is 48.8 Å². The molecule has 0 spiro atoms. The van der Waals surface area contributed by atoms with Gasteiger partial charge in [-0.2, -0.15) is 0 Å². The molecule has 58 valence electrons. The van der Waals surface area contributed by atoms with Gasteiger partial charge in [0.05, 0.1) is 13.2 Å². The standard InChI is InChI=1S/C6H11NO3/c8-3-1-7-2-4-10-6(9)5-7/h8H,1-5H2.